The largest absolute Gasteiger partial charge is 0.301 e. The van der Waals surface area contributed by atoms with E-state index in [9.17, 15) is 4.57 Å². The molecule has 3 rings (SSSR count). The maximum atomic E-state index is 13.9. The van der Waals surface area contributed by atoms with Gasteiger partial charge in [-0.1, -0.05) is 87.6 Å². The number of hydrazone groups is 1. The molecule has 1 aliphatic heterocycles. The van der Waals surface area contributed by atoms with Crippen molar-refractivity contribution in [3.63, 3.8) is 0 Å². The minimum atomic E-state index is -2.79. The van der Waals surface area contributed by atoms with Gasteiger partial charge in [-0.25, -0.2) is 5.01 Å². The first-order chi connectivity index (χ1) is 12.3. The highest BCUT2D eigenvalue weighted by Gasteiger charge is 2.38. The molecule has 2 aromatic carbocycles. The van der Waals surface area contributed by atoms with Gasteiger partial charge < -0.3 is 4.57 Å². The molecule has 5 heteroatoms. The van der Waals surface area contributed by atoms with Crippen molar-refractivity contribution in [3.05, 3.63) is 77.7 Å². The van der Waals surface area contributed by atoms with Crippen LogP contribution in [0.1, 0.15) is 33.3 Å². The van der Waals surface area contributed by atoms with Crippen LogP contribution in [0.2, 0.25) is 0 Å². The third-order valence-corrected chi connectivity index (χ3v) is 9.06. The van der Waals surface area contributed by atoms with E-state index in [-0.39, 0.29) is 5.41 Å². The SMILES string of the molecule is CCSP1(=O)C=C(C(C)(C)C)N(c2ccccc2)N=C1c1ccccc1. The zero-order valence-electron chi connectivity index (χ0n) is 15.7. The van der Waals surface area contributed by atoms with Gasteiger partial charge in [-0.2, -0.15) is 5.10 Å². The number of rotatable bonds is 4. The van der Waals surface area contributed by atoms with Crippen LogP contribution in [0.15, 0.2) is 77.3 Å². The van der Waals surface area contributed by atoms with E-state index in [1.165, 1.54) is 11.4 Å². The minimum absolute atomic E-state index is 0.175. The van der Waals surface area contributed by atoms with Gasteiger partial charge in [0.05, 0.1) is 11.4 Å². The van der Waals surface area contributed by atoms with Crippen LogP contribution in [-0.2, 0) is 4.57 Å². The highest BCUT2D eigenvalue weighted by molar-refractivity contribution is 8.64. The van der Waals surface area contributed by atoms with Crippen molar-refractivity contribution in [1.29, 1.82) is 0 Å². The molecule has 26 heavy (non-hydrogen) atoms. The number of para-hydroxylation sites is 1. The van der Waals surface area contributed by atoms with E-state index in [4.69, 9.17) is 5.10 Å². The summed E-state index contributed by atoms with van der Waals surface area (Å²) in [6, 6.07) is 19.9. The summed E-state index contributed by atoms with van der Waals surface area (Å²) < 4.78 is 13.9. The topological polar surface area (TPSA) is 32.7 Å². The van der Waals surface area contributed by atoms with Crippen LogP contribution in [0.3, 0.4) is 0 Å². The van der Waals surface area contributed by atoms with Crippen molar-refractivity contribution < 1.29 is 4.57 Å². The Hall–Kier alpha value is -1.77. The Morgan fingerprint density at radius 2 is 1.58 bits per heavy atom. The Kier molecular flexibility index (Phi) is 5.45. The van der Waals surface area contributed by atoms with Crippen LogP contribution in [-0.4, -0.2) is 11.2 Å². The molecule has 0 amide bonds. The fourth-order valence-corrected chi connectivity index (χ4v) is 7.59. The smallest absolute Gasteiger partial charge is 0.209 e. The molecule has 0 spiro atoms. The molecule has 0 saturated carbocycles. The van der Waals surface area contributed by atoms with E-state index in [1.807, 2.05) is 78.4 Å². The first kappa shape index (κ1) is 19.0. The lowest BCUT2D eigenvalue weighted by atomic mass is 9.92. The Bertz CT molecular complexity index is 870. The van der Waals surface area contributed by atoms with Crippen molar-refractivity contribution in [3.8, 4) is 0 Å². The van der Waals surface area contributed by atoms with Gasteiger partial charge in [0.25, 0.3) is 0 Å². The van der Waals surface area contributed by atoms with Gasteiger partial charge >= 0.3 is 0 Å². The molecule has 0 aromatic heterocycles. The second kappa shape index (κ2) is 7.46. The standard InChI is InChI=1S/C21H25N2OPS/c1-5-26-25(24)16-19(21(2,3)4)23(18-14-10-7-11-15-18)22-20(25)17-12-8-6-9-13-17/h6-16H,5H2,1-4H3. The monoisotopic (exact) mass is 384 g/mol. The zero-order valence-corrected chi connectivity index (χ0v) is 17.4. The van der Waals surface area contributed by atoms with Gasteiger partial charge in [0.15, 0.2) is 0 Å². The Balaban J connectivity index is 2.22. The molecule has 1 aliphatic rings. The summed E-state index contributed by atoms with van der Waals surface area (Å²) in [6.45, 7) is 8.46. The minimum Gasteiger partial charge on any atom is -0.301 e. The predicted octanol–water partition coefficient (Wildman–Crippen LogP) is 6.79. The molecule has 0 fully saturated rings. The molecule has 136 valence electrons. The molecule has 0 N–H and O–H groups in total. The van der Waals surface area contributed by atoms with Crippen molar-refractivity contribution in [2.45, 2.75) is 27.7 Å². The van der Waals surface area contributed by atoms with Crippen molar-refractivity contribution >= 4 is 28.9 Å². The van der Waals surface area contributed by atoms with Gasteiger partial charge in [-0.15, -0.1) is 0 Å². The number of nitrogens with zero attached hydrogens (tertiary/aromatic N) is 2. The Morgan fingerprint density at radius 3 is 2.12 bits per heavy atom. The lowest BCUT2D eigenvalue weighted by Gasteiger charge is -2.37. The number of allylic oxidation sites excluding steroid dienone is 1. The maximum Gasteiger partial charge on any atom is 0.209 e. The lowest BCUT2D eigenvalue weighted by Crippen LogP contribution is -2.30. The summed E-state index contributed by atoms with van der Waals surface area (Å²) in [5.41, 5.74) is 3.37. The summed E-state index contributed by atoms with van der Waals surface area (Å²) in [6.07, 6.45) is -2.79. The van der Waals surface area contributed by atoms with Gasteiger partial charge in [0.1, 0.15) is 5.45 Å². The molecule has 0 bridgehead atoms. The van der Waals surface area contributed by atoms with Crippen LogP contribution in [0, 0.1) is 5.41 Å². The van der Waals surface area contributed by atoms with Gasteiger partial charge in [0, 0.05) is 16.8 Å². The summed E-state index contributed by atoms with van der Waals surface area (Å²) in [4.78, 5) is 0. The molecular formula is C21H25N2OPS. The Morgan fingerprint density at radius 1 is 1.00 bits per heavy atom. The van der Waals surface area contributed by atoms with Crippen LogP contribution >= 0.6 is 17.7 Å². The first-order valence-corrected chi connectivity index (χ1v) is 12.2. The van der Waals surface area contributed by atoms with E-state index in [0.29, 0.717) is 5.45 Å². The van der Waals surface area contributed by atoms with Gasteiger partial charge in [0.2, 0.25) is 6.34 Å². The van der Waals surface area contributed by atoms with Crippen LogP contribution in [0.5, 0.6) is 0 Å². The van der Waals surface area contributed by atoms with E-state index in [1.54, 1.807) is 0 Å². The number of benzene rings is 2. The van der Waals surface area contributed by atoms with E-state index in [0.717, 1.165) is 22.7 Å². The molecule has 3 nitrogen and oxygen atoms in total. The molecule has 0 radical (unpaired) electrons. The number of anilines is 1. The van der Waals surface area contributed by atoms with E-state index >= 15 is 0 Å². The number of hydrogen-bond acceptors (Lipinski definition) is 4. The average molecular weight is 384 g/mol. The maximum absolute atomic E-state index is 13.9. The highest BCUT2D eigenvalue weighted by atomic mass is 32.7. The molecule has 0 saturated heterocycles. The second-order valence-corrected chi connectivity index (χ2v) is 12.3. The predicted molar refractivity (Wildman–Crippen MR) is 115 cm³/mol. The quantitative estimate of drug-likeness (QED) is 0.544. The number of hydrogen-bond donors (Lipinski definition) is 0. The van der Waals surface area contributed by atoms with Crippen LogP contribution in [0.4, 0.5) is 5.69 Å². The van der Waals surface area contributed by atoms with Crippen molar-refractivity contribution in [2.24, 2.45) is 10.5 Å². The van der Waals surface area contributed by atoms with E-state index in [2.05, 4.69) is 20.8 Å². The second-order valence-electron chi connectivity index (χ2n) is 7.22. The molecule has 1 unspecified atom stereocenters. The van der Waals surface area contributed by atoms with Crippen molar-refractivity contribution in [1.82, 2.24) is 0 Å². The van der Waals surface area contributed by atoms with Crippen molar-refractivity contribution in [2.75, 3.05) is 10.8 Å². The third kappa shape index (κ3) is 3.82. The zero-order chi connectivity index (χ0) is 18.8. The summed E-state index contributed by atoms with van der Waals surface area (Å²) >= 11 is 1.50. The molecular weight excluding hydrogens is 359 g/mol. The average Bonchev–Trinajstić information content (AvgIpc) is 2.62. The summed E-state index contributed by atoms with van der Waals surface area (Å²) in [5.74, 6) is 2.76. The molecule has 2 aromatic rings. The van der Waals surface area contributed by atoms with Gasteiger partial charge in [-0.3, -0.25) is 0 Å². The van der Waals surface area contributed by atoms with Gasteiger partial charge in [-0.05, 0) is 17.9 Å². The summed E-state index contributed by atoms with van der Waals surface area (Å²) in [7, 11) is 0. The first-order valence-electron chi connectivity index (χ1n) is 8.82. The fourth-order valence-electron chi connectivity index (χ4n) is 2.88. The Labute approximate surface area is 160 Å². The highest BCUT2D eigenvalue weighted by Crippen LogP contribution is 2.66. The van der Waals surface area contributed by atoms with Crippen LogP contribution in [0.25, 0.3) is 0 Å². The fraction of sp³-hybridized carbons (Fsp3) is 0.286. The summed E-state index contributed by atoms with van der Waals surface area (Å²) in [5, 5.41) is 6.89. The molecule has 1 atom stereocenters. The lowest BCUT2D eigenvalue weighted by molar-refractivity contribution is 0.485. The van der Waals surface area contributed by atoms with Crippen LogP contribution < -0.4 is 5.01 Å². The normalized spacial score (nSPS) is 20.5. The third-order valence-electron chi connectivity index (χ3n) is 4.13. The molecule has 0 aliphatic carbocycles. The molecule has 1 heterocycles. The van der Waals surface area contributed by atoms with E-state index < -0.39 is 6.34 Å².